The van der Waals surface area contributed by atoms with Crippen molar-refractivity contribution in [2.45, 2.75) is 45.6 Å². The zero-order valence-electron chi connectivity index (χ0n) is 19.0. The molecule has 7 nitrogen and oxygen atoms in total. The monoisotopic (exact) mass is 431 g/mol. The van der Waals surface area contributed by atoms with Crippen LogP contribution in [-0.4, -0.2) is 34.6 Å². The van der Waals surface area contributed by atoms with Gasteiger partial charge in [-0.2, -0.15) is 0 Å². The molecule has 166 valence electrons. The molecular weight excluding hydrogens is 402 g/mol. The third kappa shape index (κ3) is 4.78. The second-order valence-corrected chi connectivity index (χ2v) is 8.85. The Morgan fingerprint density at radius 1 is 1.19 bits per heavy atom. The number of nitrogens with one attached hydrogen (secondary N) is 2. The van der Waals surface area contributed by atoms with Crippen molar-refractivity contribution >= 4 is 17.5 Å². The van der Waals surface area contributed by atoms with E-state index >= 15 is 0 Å². The summed E-state index contributed by atoms with van der Waals surface area (Å²) in [7, 11) is 1.50. The third-order valence-electron chi connectivity index (χ3n) is 5.94. The lowest BCUT2D eigenvalue weighted by molar-refractivity contribution is -0.124. The molecule has 0 bridgehead atoms. The fourth-order valence-electron chi connectivity index (χ4n) is 4.04. The van der Waals surface area contributed by atoms with E-state index in [0.29, 0.717) is 12.5 Å². The summed E-state index contributed by atoms with van der Waals surface area (Å²) >= 11 is 0. The van der Waals surface area contributed by atoms with Gasteiger partial charge in [0.25, 0.3) is 0 Å². The van der Waals surface area contributed by atoms with Crippen LogP contribution < -0.4 is 10.6 Å². The summed E-state index contributed by atoms with van der Waals surface area (Å²) in [6.45, 7) is 7.07. The Bertz CT molecular complexity index is 1140. The highest BCUT2D eigenvalue weighted by molar-refractivity contribution is 5.77. The van der Waals surface area contributed by atoms with Crippen LogP contribution >= 0.6 is 0 Å². The molecule has 0 radical (unpaired) electrons. The first-order chi connectivity index (χ1) is 15.4. The van der Waals surface area contributed by atoms with E-state index in [4.69, 9.17) is 14.7 Å². The van der Waals surface area contributed by atoms with Gasteiger partial charge in [-0.15, -0.1) is 0 Å². The minimum absolute atomic E-state index is 0.0591. The molecule has 0 aliphatic heterocycles. The van der Waals surface area contributed by atoms with Crippen LogP contribution in [0.4, 0.5) is 11.6 Å². The highest BCUT2D eigenvalue weighted by Crippen LogP contribution is 2.38. The van der Waals surface area contributed by atoms with E-state index in [-0.39, 0.29) is 17.9 Å². The van der Waals surface area contributed by atoms with Gasteiger partial charge in [0.05, 0.1) is 5.69 Å². The lowest BCUT2D eigenvalue weighted by Gasteiger charge is -2.19. The topological polar surface area (TPSA) is 89.0 Å². The summed E-state index contributed by atoms with van der Waals surface area (Å²) in [6, 6.07) is 10.1. The Balaban J connectivity index is 1.50. The Morgan fingerprint density at radius 2 is 2.03 bits per heavy atom. The SMILES string of the molecule is COCC(=O)NCc1ccc(Nc2nccc(-c3cnc4c(c3)C(C)(C)CC4)n2)c(C)c1. The van der Waals surface area contributed by atoms with Crippen LogP contribution in [0.3, 0.4) is 0 Å². The van der Waals surface area contributed by atoms with Crippen molar-refractivity contribution in [2.75, 3.05) is 19.0 Å². The van der Waals surface area contributed by atoms with E-state index in [1.54, 1.807) is 6.20 Å². The van der Waals surface area contributed by atoms with Crippen LogP contribution in [0.2, 0.25) is 0 Å². The normalized spacial score (nSPS) is 14.1. The number of aromatic nitrogens is 3. The van der Waals surface area contributed by atoms with E-state index in [9.17, 15) is 4.79 Å². The molecule has 1 aliphatic carbocycles. The minimum atomic E-state index is -0.137. The highest BCUT2D eigenvalue weighted by atomic mass is 16.5. The fraction of sp³-hybridized carbons (Fsp3) is 0.360. The molecule has 1 aromatic carbocycles. The highest BCUT2D eigenvalue weighted by Gasteiger charge is 2.31. The molecule has 0 spiro atoms. The Labute approximate surface area is 188 Å². The smallest absolute Gasteiger partial charge is 0.246 e. The van der Waals surface area contributed by atoms with Crippen molar-refractivity contribution in [1.82, 2.24) is 20.3 Å². The van der Waals surface area contributed by atoms with Crippen molar-refractivity contribution in [3.8, 4) is 11.3 Å². The molecule has 32 heavy (non-hydrogen) atoms. The molecule has 1 aliphatic rings. The molecule has 0 unspecified atom stereocenters. The van der Waals surface area contributed by atoms with Crippen molar-refractivity contribution in [3.63, 3.8) is 0 Å². The second kappa shape index (κ2) is 9.04. The summed E-state index contributed by atoms with van der Waals surface area (Å²) in [5.41, 5.74) is 7.47. The van der Waals surface area contributed by atoms with E-state index in [2.05, 4.69) is 35.5 Å². The standard InChI is InChI=1S/C25H29N5O2/c1-16-11-17(13-28-23(31)15-32-4)5-6-20(16)29-24-26-10-8-21(30-24)18-12-19-22(27-14-18)7-9-25(19,2)3/h5-6,8,10-12,14H,7,9,13,15H2,1-4H3,(H,28,31)(H,26,29,30). The van der Waals surface area contributed by atoms with Gasteiger partial charge in [0.15, 0.2) is 0 Å². The first kappa shape index (κ1) is 21.9. The van der Waals surface area contributed by atoms with Gasteiger partial charge in [-0.1, -0.05) is 26.0 Å². The van der Waals surface area contributed by atoms with E-state index in [0.717, 1.165) is 40.9 Å². The number of nitrogens with zero attached hydrogens (tertiary/aromatic N) is 3. The van der Waals surface area contributed by atoms with Crippen LogP contribution in [0, 0.1) is 6.92 Å². The van der Waals surface area contributed by atoms with Gasteiger partial charge in [0.1, 0.15) is 6.61 Å². The summed E-state index contributed by atoms with van der Waals surface area (Å²) < 4.78 is 4.83. The van der Waals surface area contributed by atoms with Crippen LogP contribution in [0.25, 0.3) is 11.3 Å². The Morgan fingerprint density at radius 3 is 2.81 bits per heavy atom. The third-order valence-corrected chi connectivity index (χ3v) is 5.94. The summed E-state index contributed by atoms with van der Waals surface area (Å²) in [5.74, 6) is 0.397. The van der Waals surface area contributed by atoms with E-state index in [1.807, 2.05) is 37.4 Å². The Hall–Kier alpha value is -3.32. The van der Waals surface area contributed by atoms with Crippen LogP contribution in [-0.2, 0) is 27.9 Å². The van der Waals surface area contributed by atoms with Gasteiger partial charge < -0.3 is 15.4 Å². The molecule has 0 saturated heterocycles. The van der Waals surface area contributed by atoms with Gasteiger partial charge in [0.2, 0.25) is 11.9 Å². The van der Waals surface area contributed by atoms with Gasteiger partial charge in [-0.3, -0.25) is 9.78 Å². The second-order valence-electron chi connectivity index (χ2n) is 8.85. The summed E-state index contributed by atoms with van der Waals surface area (Å²) in [5, 5.41) is 6.14. The predicted octanol–water partition coefficient (Wildman–Crippen LogP) is 4.08. The number of benzene rings is 1. The maximum atomic E-state index is 11.6. The van der Waals surface area contributed by atoms with Crippen LogP contribution in [0.15, 0.2) is 42.7 Å². The minimum Gasteiger partial charge on any atom is -0.375 e. The molecule has 4 rings (SSSR count). The lowest BCUT2D eigenvalue weighted by Crippen LogP contribution is -2.26. The van der Waals surface area contributed by atoms with Crippen molar-refractivity contribution in [2.24, 2.45) is 0 Å². The van der Waals surface area contributed by atoms with Gasteiger partial charge in [-0.25, -0.2) is 9.97 Å². The molecule has 2 N–H and O–H groups in total. The number of pyridine rings is 1. The molecule has 0 fully saturated rings. The molecule has 2 aromatic heterocycles. The molecule has 3 aromatic rings. The number of carbonyl (C=O) groups is 1. The van der Waals surface area contributed by atoms with Gasteiger partial charge >= 0.3 is 0 Å². The van der Waals surface area contributed by atoms with E-state index in [1.165, 1.54) is 18.4 Å². The van der Waals surface area contributed by atoms with E-state index < -0.39 is 0 Å². The number of methoxy groups -OCH3 is 1. The number of rotatable bonds is 7. The number of fused-ring (bicyclic) bond motifs is 1. The Kier molecular flexibility index (Phi) is 6.19. The number of hydrogen-bond acceptors (Lipinski definition) is 6. The predicted molar refractivity (Wildman–Crippen MR) is 125 cm³/mol. The van der Waals surface area contributed by atoms with Crippen LogP contribution in [0.1, 0.15) is 42.7 Å². The maximum Gasteiger partial charge on any atom is 0.246 e. The number of hydrogen-bond donors (Lipinski definition) is 2. The molecule has 1 amide bonds. The first-order valence-electron chi connectivity index (χ1n) is 10.8. The number of ether oxygens (including phenoxy) is 1. The summed E-state index contributed by atoms with van der Waals surface area (Å²) in [4.78, 5) is 25.4. The average molecular weight is 432 g/mol. The molecule has 7 heteroatoms. The largest absolute Gasteiger partial charge is 0.375 e. The van der Waals surface area contributed by atoms with Crippen molar-refractivity contribution in [1.29, 1.82) is 0 Å². The first-order valence-corrected chi connectivity index (χ1v) is 10.8. The van der Waals surface area contributed by atoms with Crippen molar-refractivity contribution in [3.05, 3.63) is 65.1 Å². The fourth-order valence-corrected chi connectivity index (χ4v) is 4.04. The van der Waals surface area contributed by atoms with Gasteiger partial charge in [0, 0.05) is 43.0 Å². The zero-order chi connectivity index (χ0) is 22.7. The van der Waals surface area contributed by atoms with Crippen molar-refractivity contribution < 1.29 is 9.53 Å². The number of carbonyl (C=O) groups excluding carboxylic acids is 1. The van der Waals surface area contributed by atoms with Crippen LogP contribution in [0.5, 0.6) is 0 Å². The van der Waals surface area contributed by atoms with Gasteiger partial charge in [-0.05, 0) is 60.1 Å². The number of anilines is 2. The number of amides is 1. The quantitative estimate of drug-likeness (QED) is 0.586. The average Bonchev–Trinajstić information content (AvgIpc) is 3.08. The lowest BCUT2D eigenvalue weighted by atomic mass is 9.86. The molecule has 0 atom stereocenters. The molecule has 0 saturated carbocycles. The zero-order valence-corrected chi connectivity index (χ0v) is 19.0. The maximum absolute atomic E-state index is 11.6. The summed E-state index contributed by atoms with van der Waals surface area (Å²) in [6.07, 6.45) is 5.83. The number of aryl methyl sites for hydroxylation is 2. The molecule has 2 heterocycles. The molecular formula is C25H29N5O2.